The molecule has 0 atom stereocenters. The molecular weight excluding hydrogens is 272 g/mol. The normalized spacial score (nSPS) is 9.95. The summed E-state index contributed by atoms with van der Waals surface area (Å²) in [5, 5.41) is 2.26. The molecule has 114 valence electrons. The summed E-state index contributed by atoms with van der Waals surface area (Å²) < 4.78 is 4.66. The topological polar surface area (TPSA) is 66.9 Å². The number of para-hydroxylation sites is 1. The van der Waals surface area contributed by atoms with E-state index in [9.17, 15) is 14.4 Å². The molecule has 0 unspecified atom stereocenters. The number of aryl methyl sites for hydroxylation is 2. The van der Waals surface area contributed by atoms with Gasteiger partial charge in [-0.2, -0.15) is 0 Å². The lowest BCUT2D eigenvalue weighted by molar-refractivity contribution is -0.127. The summed E-state index contributed by atoms with van der Waals surface area (Å²) in [7, 11) is 2.66. The maximum absolute atomic E-state index is 12.4. The number of benzene rings is 1. The lowest BCUT2D eigenvalue weighted by atomic mass is 10.1. The van der Waals surface area contributed by atoms with Gasteiger partial charge in [0.2, 0.25) is 0 Å². The molecule has 0 bridgehead atoms. The molecule has 0 heterocycles. The number of methoxy groups -OCH3 is 1. The Balaban J connectivity index is 3.34. The average molecular weight is 292 g/mol. The molecule has 1 rings (SSSR count). The summed E-state index contributed by atoms with van der Waals surface area (Å²) in [6, 6.07) is 5.53. The zero-order chi connectivity index (χ0) is 16.2. The van der Waals surface area contributed by atoms with E-state index in [0.29, 0.717) is 5.69 Å². The fourth-order valence-corrected chi connectivity index (χ4v) is 2.08. The number of ether oxygens (including phenoxy) is 1. The lowest BCUT2D eigenvalue weighted by Crippen LogP contribution is -2.48. The molecule has 2 amide bonds. The van der Waals surface area contributed by atoms with Crippen LogP contribution in [0.1, 0.15) is 24.5 Å². The van der Waals surface area contributed by atoms with Crippen LogP contribution in [-0.2, 0) is 14.3 Å². The van der Waals surface area contributed by atoms with E-state index >= 15 is 0 Å². The largest absolute Gasteiger partial charge is 0.452 e. The molecule has 0 fully saturated rings. The minimum Gasteiger partial charge on any atom is -0.452 e. The smallest absolute Gasteiger partial charge is 0.428 e. The van der Waals surface area contributed by atoms with Gasteiger partial charge in [-0.15, -0.1) is 0 Å². The van der Waals surface area contributed by atoms with E-state index in [-0.39, 0.29) is 12.2 Å². The number of hydrogen-bond donors (Lipinski definition) is 0. The molecule has 0 saturated heterocycles. The molecule has 6 heteroatoms. The Bertz CT molecular complexity index is 549. The van der Waals surface area contributed by atoms with Crippen molar-refractivity contribution in [3.05, 3.63) is 29.3 Å². The predicted octanol–water partition coefficient (Wildman–Crippen LogP) is 2.23. The van der Waals surface area contributed by atoms with Crippen molar-refractivity contribution in [2.75, 3.05) is 19.2 Å². The van der Waals surface area contributed by atoms with Gasteiger partial charge in [-0.25, -0.2) is 14.8 Å². The second kappa shape index (κ2) is 6.88. The number of hydrazine groups is 1. The van der Waals surface area contributed by atoms with E-state index in [1.165, 1.54) is 26.1 Å². The first kappa shape index (κ1) is 16.7. The Labute approximate surface area is 124 Å². The monoisotopic (exact) mass is 292 g/mol. The Morgan fingerprint density at radius 2 is 1.67 bits per heavy atom. The van der Waals surface area contributed by atoms with Crippen LogP contribution in [0.15, 0.2) is 18.2 Å². The van der Waals surface area contributed by atoms with Gasteiger partial charge in [-0.3, -0.25) is 9.59 Å². The maximum atomic E-state index is 12.4. The quantitative estimate of drug-likeness (QED) is 0.633. The molecule has 0 aromatic heterocycles. The summed E-state index contributed by atoms with van der Waals surface area (Å²) in [5.74, 6) is -0.748. The molecule has 6 nitrogen and oxygen atoms in total. The fourth-order valence-electron chi connectivity index (χ4n) is 2.08. The van der Waals surface area contributed by atoms with Crippen molar-refractivity contribution in [3.8, 4) is 0 Å². The Hall–Kier alpha value is -2.37. The van der Waals surface area contributed by atoms with E-state index in [0.717, 1.165) is 16.1 Å². The van der Waals surface area contributed by atoms with Crippen molar-refractivity contribution < 1.29 is 19.1 Å². The number of nitrogens with zero attached hydrogens (tertiary/aromatic N) is 2. The number of carbonyl (C=O) groups is 3. The Morgan fingerprint density at radius 3 is 2.10 bits per heavy atom. The second-order valence-electron chi connectivity index (χ2n) is 4.82. The summed E-state index contributed by atoms with van der Waals surface area (Å²) in [5.41, 5.74) is 2.22. The maximum Gasteiger partial charge on any atom is 0.428 e. The third kappa shape index (κ3) is 3.81. The lowest BCUT2D eigenvalue weighted by Gasteiger charge is -2.32. The minimum atomic E-state index is -0.686. The highest BCUT2D eigenvalue weighted by Gasteiger charge is 2.28. The molecule has 0 spiro atoms. The molecule has 0 aliphatic rings. The fraction of sp³-hybridized carbons (Fsp3) is 0.400. The molecule has 0 radical (unpaired) electrons. The molecule has 0 N–H and O–H groups in total. The molecular formula is C15H20N2O4. The van der Waals surface area contributed by atoms with E-state index in [2.05, 4.69) is 4.74 Å². The zero-order valence-electron chi connectivity index (χ0n) is 13.0. The van der Waals surface area contributed by atoms with E-state index in [1.807, 2.05) is 32.0 Å². The highest BCUT2D eigenvalue weighted by molar-refractivity contribution is 6.06. The van der Waals surface area contributed by atoms with Crippen LogP contribution in [0, 0.1) is 13.8 Å². The van der Waals surface area contributed by atoms with Gasteiger partial charge in [-0.05, 0) is 31.9 Å². The van der Waals surface area contributed by atoms with Crippen LogP contribution >= 0.6 is 0 Å². The van der Waals surface area contributed by atoms with Crippen LogP contribution in [-0.4, -0.2) is 37.0 Å². The van der Waals surface area contributed by atoms with Crippen molar-refractivity contribution >= 4 is 23.5 Å². The Morgan fingerprint density at radius 1 is 1.14 bits per heavy atom. The van der Waals surface area contributed by atoms with Crippen LogP contribution in [0.2, 0.25) is 0 Å². The van der Waals surface area contributed by atoms with Gasteiger partial charge >= 0.3 is 6.09 Å². The van der Waals surface area contributed by atoms with Gasteiger partial charge in [0.15, 0.2) is 0 Å². The molecule has 0 aliphatic carbocycles. The van der Waals surface area contributed by atoms with Gasteiger partial charge in [0, 0.05) is 7.05 Å². The first-order valence-electron chi connectivity index (χ1n) is 6.49. The standard InChI is InChI=1S/C15H20N2O4/c1-10-7-6-8-11(2)14(10)17(13(19)9-12(3)18)16(4)15(20)21-5/h6-8H,9H2,1-5H3. The van der Waals surface area contributed by atoms with E-state index < -0.39 is 12.0 Å². The summed E-state index contributed by atoms with van der Waals surface area (Å²) >= 11 is 0. The average Bonchev–Trinajstić information content (AvgIpc) is 2.40. The Kier molecular flexibility index (Phi) is 5.46. The third-order valence-corrected chi connectivity index (χ3v) is 3.03. The van der Waals surface area contributed by atoms with Crippen LogP contribution in [0.25, 0.3) is 0 Å². The van der Waals surface area contributed by atoms with Crippen molar-refractivity contribution in [1.82, 2.24) is 5.01 Å². The number of amides is 2. The molecule has 21 heavy (non-hydrogen) atoms. The van der Waals surface area contributed by atoms with E-state index in [1.54, 1.807) is 0 Å². The van der Waals surface area contributed by atoms with Crippen molar-refractivity contribution in [1.29, 1.82) is 0 Å². The van der Waals surface area contributed by atoms with Gasteiger partial charge in [0.05, 0.1) is 19.2 Å². The van der Waals surface area contributed by atoms with Gasteiger partial charge in [0.25, 0.3) is 5.91 Å². The number of rotatable bonds is 3. The molecule has 0 aliphatic heterocycles. The van der Waals surface area contributed by atoms with Crippen LogP contribution in [0.4, 0.5) is 10.5 Å². The summed E-state index contributed by atoms with van der Waals surface area (Å²) in [6.45, 7) is 5.00. The second-order valence-corrected chi connectivity index (χ2v) is 4.82. The van der Waals surface area contributed by atoms with Crippen LogP contribution < -0.4 is 5.01 Å². The number of Topliss-reactive ketones (excluding diaryl/α,β-unsaturated/α-hetero) is 1. The molecule has 1 aromatic carbocycles. The predicted molar refractivity (Wildman–Crippen MR) is 78.9 cm³/mol. The van der Waals surface area contributed by atoms with Gasteiger partial charge < -0.3 is 4.74 Å². The van der Waals surface area contributed by atoms with Crippen LogP contribution in [0.3, 0.4) is 0 Å². The van der Waals surface area contributed by atoms with E-state index in [4.69, 9.17) is 0 Å². The number of anilines is 1. The first-order chi connectivity index (χ1) is 9.79. The van der Waals surface area contributed by atoms with Crippen molar-refractivity contribution in [2.45, 2.75) is 27.2 Å². The summed E-state index contributed by atoms with van der Waals surface area (Å²) in [6.07, 6.45) is -0.968. The van der Waals surface area contributed by atoms with Crippen molar-refractivity contribution in [2.24, 2.45) is 0 Å². The third-order valence-electron chi connectivity index (χ3n) is 3.03. The first-order valence-corrected chi connectivity index (χ1v) is 6.49. The highest BCUT2D eigenvalue weighted by atomic mass is 16.5. The SMILES string of the molecule is COC(=O)N(C)N(C(=O)CC(C)=O)c1c(C)cccc1C. The number of carbonyl (C=O) groups excluding carboxylic acids is 3. The van der Waals surface area contributed by atoms with Gasteiger partial charge in [0.1, 0.15) is 5.78 Å². The van der Waals surface area contributed by atoms with Crippen LogP contribution in [0.5, 0.6) is 0 Å². The zero-order valence-corrected chi connectivity index (χ0v) is 13.0. The summed E-state index contributed by atoms with van der Waals surface area (Å²) in [4.78, 5) is 35.4. The highest BCUT2D eigenvalue weighted by Crippen LogP contribution is 2.26. The van der Waals surface area contributed by atoms with Gasteiger partial charge in [-0.1, -0.05) is 18.2 Å². The number of hydrogen-bond acceptors (Lipinski definition) is 4. The van der Waals surface area contributed by atoms with Crippen molar-refractivity contribution in [3.63, 3.8) is 0 Å². The minimum absolute atomic E-state index is 0.269. The number of ketones is 1. The molecule has 1 aromatic rings. The molecule has 0 saturated carbocycles.